The highest BCUT2D eigenvalue weighted by molar-refractivity contribution is 7.92. The van der Waals surface area contributed by atoms with Crippen LogP contribution in [-0.4, -0.2) is 61.1 Å². The molecule has 1 saturated carbocycles. The smallest absolute Gasteiger partial charge is 0.326 e. The van der Waals surface area contributed by atoms with Crippen LogP contribution in [0.25, 0.3) is 6.08 Å². The van der Waals surface area contributed by atoms with Crippen molar-refractivity contribution in [1.29, 1.82) is 0 Å². The quantitative estimate of drug-likeness (QED) is 0.539. The first-order chi connectivity index (χ1) is 18.4. The second-order valence-electron chi connectivity index (χ2n) is 11.5. The Kier molecular flexibility index (Phi) is 7.17. The summed E-state index contributed by atoms with van der Waals surface area (Å²) < 4.78 is 27.8. The molecule has 3 heterocycles. The molecular weight excluding hydrogens is 518 g/mol. The van der Waals surface area contributed by atoms with E-state index in [0.717, 1.165) is 47.5 Å². The summed E-state index contributed by atoms with van der Waals surface area (Å²) in [6.45, 7) is 7.96. The van der Waals surface area contributed by atoms with Crippen molar-refractivity contribution in [2.45, 2.75) is 77.8 Å². The lowest BCUT2D eigenvalue weighted by molar-refractivity contribution is -0.125. The second kappa shape index (κ2) is 10.2. The third-order valence-electron chi connectivity index (χ3n) is 8.69. The van der Waals surface area contributed by atoms with E-state index >= 15 is 0 Å². The van der Waals surface area contributed by atoms with Crippen molar-refractivity contribution in [3.8, 4) is 0 Å². The molecule has 3 fully saturated rings. The number of hydrogen-bond acceptors (Lipinski definition) is 6. The van der Waals surface area contributed by atoms with Crippen LogP contribution in [0.2, 0.25) is 0 Å². The number of imide groups is 1. The summed E-state index contributed by atoms with van der Waals surface area (Å²) in [4.78, 5) is 43.5. The number of amidine groups is 1. The molecule has 2 N–H and O–H groups in total. The van der Waals surface area contributed by atoms with Gasteiger partial charge in [-0.15, -0.1) is 0 Å². The Hall–Kier alpha value is -3.05. The van der Waals surface area contributed by atoms with Crippen LogP contribution in [0.3, 0.4) is 0 Å². The van der Waals surface area contributed by atoms with Gasteiger partial charge in [0.15, 0.2) is 0 Å². The summed E-state index contributed by atoms with van der Waals surface area (Å²) in [6, 6.07) is 2.36. The predicted molar refractivity (Wildman–Crippen MR) is 150 cm³/mol. The van der Waals surface area contributed by atoms with Crippen LogP contribution in [0.15, 0.2) is 22.5 Å². The molecule has 2 saturated heterocycles. The lowest BCUT2D eigenvalue weighted by Gasteiger charge is -2.34. The number of benzene rings is 1. The number of urea groups is 1. The number of carbonyl (C=O) groups is 3. The summed E-state index contributed by atoms with van der Waals surface area (Å²) in [5, 5.41) is 6.82. The van der Waals surface area contributed by atoms with Gasteiger partial charge < -0.3 is 10.6 Å². The number of aliphatic imine (C=N–C) groups is 1. The number of hydrogen-bond donors (Lipinski definition) is 2. The van der Waals surface area contributed by atoms with E-state index in [9.17, 15) is 22.8 Å². The zero-order chi connectivity index (χ0) is 28.1. The Labute approximate surface area is 230 Å². The topological polar surface area (TPSA) is 128 Å². The molecule has 210 valence electrons. The van der Waals surface area contributed by atoms with E-state index in [1.54, 1.807) is 25.1 Å². The molecule has 11 heteroatoms. The molecule has 10 nitrogen and oxygen atoms in total. The number of carbonyl (C=O) groups excluding carboxylic acids is 3. The highest BCUT2D eigenvalue weighted by Gasteiger charge is 2.48. The van der Waals surface area contributed by atoms with Crippen molar-refractivity contribution in [3.63, 3.8) is 0 Å². The van der Waals surface area contributed by atoms with Crippen LogP contribution in [0.1, 0.15) is 69.1 Å². The summed E-state index contributed by atoms with van der Waals surface area (Å²) in [7, 11) is -3.73. The molecule has 1 aromatic rings. The molecule has 3 aliphatic heterocycles. The van der Waals surface area contributed by atoms with Crippen LogP contribution in [0, 0.1) is 25.7 Å². The minimum atomic E-state index is -3.73. The van der Waals surface area contributed by atoms with Gasteiger partial charge in [-0.1, -0.05) is 19.8 Å². The minimum absolute atomic E-state index is 0.102. The van der Waals surface area contributed by atoms with Gasteiger partial charge in [-0.3, -0.25) is 14.6 Å². The van der Waals surface area contributed by atoms with Crippen molar-refractivity contribution in [2.24, 2.45) is 16.8 Å². The Morgan fingerprint density at radius 3 is 2.18 bits per heavy atom. The number of sulfonamides is 1. The number of rotatable bonds is 5. The average molecular weight is 556 g/mol. The van der Waals surface area contributed by atoms with Crippen molar-refractivity contribution < 1.29 is 22.8 Å². The summed E-state index contributed by atoms with van der Waals surface area (Å²) in [5.41, 5.74) is 1.79. The Morgan fingerprint density at radius 1 is 1.00 bits per heavy atom. The van der Waals surface area contributed by atoms with Crippen LogP contribution in [-0.2, 0) is 19.6 Å². The van der Waals surface area contributed by atoms with Crippen molar-refractivity contribution in [2.75, 3.05) is 18.0 Å². The lowest BCUT2D eigenvalue weighted by Crippen LogP contribution is -2.50. The molecule has 39 heavy (non-hydrogen) atoms. The van der Waals surface area contributed by atoms with Crippen LogP contribution in [0.4, 0.5) is 10.5 Å². The van der Waals surface area contributed by atoms with Gasteiger partial charge in [-0.25, -0.2) is 18.1 Å². The van der Waals surface area contributed by atoms with Crippen molar-refractivity contribution in [1.82, 2.24) is 14.9 Å². The molecule has 1 aliphatic carbocycles. The molecular formula is C28H37N5O5S. The summed E-state index contributed by atoms with van der Waals surface area (Å²) in [6.07, 6.45) is 6.61. The third-order valence-corrected chi connectivity index (χ3v) is 10.3. The minimum Gasteiger partial charge on any atom is -0.326 e. The number of anilines is 1. The van der Waals surface area contributed by atoms with Gasteiger partial charge in [0.25, 0.3) is 11.8 Å². The second-order valence-corrected chi connectivity index (χ2v) is 13.3. The third kappa shape index (κ3) is 5.14. The number of piperidine rings is 1. The highest BCUT2D eigenvalue weighted by Crippen LogP contribution is 2.36. The lowest BCUT2D eigenvalue weighted by atomic mass is 9.82. The molecule has 1 atom stereocenters. The van der Waals surface area contributed by atoms with Crippen LogP contribution >= 0.6 is 0 Å². The number of nitrogens with zero attached hydrogens (tertiary/aromatic N) is 3. The van der Waals surface area contributed by atoms with E-state index in [4.69, 9.17) is 4.99 Å². The monoisotopic (exact) mass is 555 g/mol. The maximum absolute atomic E-state index is 13.2. The first kappa shape index (κ1) is 27.5. The zero-order valence-electron chi connectivity index (χ0n) is 23.0. The predicted octanol–water partition coefficient (Wildman–Crippen LogP) is 3.24. The number of nitrogens with one attached hydrogen (secondary N) is 2. The Morgan fingerprint density at radius 2 is 1.62 bits per heavy atom. The first-order valence-electron chi connectivity index (χ1n) is 13.8. The normalized spacial score (nSPS) is 27.8. The van der Waals surface area contributed by atoms with Gasteiger partial charge in [0.1, 0.15) is 17.4 Å². The van der Waals surface area contributed by atoms with E-state index in [0.29, 0.717) is 30.0 Å². The van der Waals surface area contributed by atoms with Crippen molar-refractivity contribution in [3.05, 3.63) is 34.2 Å². The molecule has 0 radical (unpaired) electrons. The largest absolute Gasteiger partial charge is 0.329 e. The van der Waals surface area contributed by atoms with Gasteiger partial charge in [0.05, 0.1) is 5.69 Å². The van der Waals surface area contributed by atoms with E-state index in [1.165, 1.54) is 9.71 Å². The van der Waals surface area contributed by atoms with Gasteiger partial charge >= 0.3 is 6.03 Å². The highest BCUT2D eigenvalue weighted by atomic mass is 32.2. The first-order valence-corrected chi connectivity index (χ1v) is 15.3. The van der Waals surface area contributed by atoms with Crippen molar-refractivity contribution >= 4 is 45.5 Å². The van der Waals surface area contributed by atoms with E-state index in [2.05, 4.69) is 17.6 Å². The van der Waals surface area contributed by atoms with Crippen LogP contribution < -0.4 is 15.5 Å². The van der Waals surface area contributed by atoms with E-state index in [-0.39, 0.29) is 30.8 Å². The fourth-order valence-electron chi connectivity index (χ4n) is 6.15. The fourth-order valence-corrected chi connectivity index (χ4v) is 7.32. The van der Waals surface area contributed by atoms with Gasteiger partial charge in [0.2, 0.25) is 10.0 Å². The van der Waals surface area contributed by atoms with E-state index in [1.807, 2.05) is 13.8 Å². The average Bonchev–Trinajstić information content (AvgIpc) is 3.33. The maximum atomic E-state index is 13.2. The molecule has 4 amide bonds. The molecule has 0 aromatic heterocycles. The van der Waals surface area contributed by atoms with Crippen LogP contribution in [0.5, 0.6) is 0 Å². The summed E-state index contributed by atoms with van der Waals surface area (Å²) >= 11 is 0. The Bertz CT molecular complexity index is 1350. The molecule has 0 bridgehead atoms. The van der Waals surface area contributed by atoms with Gasteiger partial charge in [-0.05, 0) is 87.3 Å². The van der Waals surface area contributed by atoms with Gasteiger partial charge in [-0.2, -0.15) is 4.31 Å². The number of amides is 4. The SMILES string of the molecule is Cc1cc(N2C(=O)NC(C)C2=O)cc(C)c1/C=C/S(=O)(=O)N1CCC2(CC1)N=C(C1CCC(C)CC1)NC2=O. The van der Waals surface area contributed by atoms with E-state index < -0.39 is 27.6 Å². The zero-order valence-corrected chi connectivity index (χ0v) is 23.8. The molecule has 4 aliphatic rings. The van der Waals surface area contributed by atoms with Gasteiger partial charge in [0, 0.05) is 24.4 Å². The Balaban J connectivity index is 1.27. The maximum Gasteiger partial charge on any atom is 0.329 e. The summed E-state index contributed by atoms with van der Waals surface area (Å²) in [5.74, 6) is 1.36. The molecule has 1 unspecified atom stereocenters. The fraction of sp³-hybridized carbons (Fsp3) is 0.571. The molecule has 5 rings (SSSR count). The molecule has 1 spiro atoms. The molecule has 1 aromatic carbocycles. The number of aryl methyl sites for hydroxylation is 2. The standard InChI is InChI=1S/C28H37N5O5S/c1-17-5-7-21(8-6-17)24-30-26(35)28(31-24)10-12-32(13-11-28)39(37,38)14-9-23-18(2)15-22(16-19(23)3)33-25(34)20(4)29-27(33)36/h9,14-17,20-21H,5-8,10-13H2,1-4H3,(H,29,36)(H,30,31,35)/b14-9+.